The van der Waals surface area contributed by atoms with Gasteiger partial charge in [0.2, 0.25) is 0 Å². The molecule has 1 N–H and O–H groups in total. The first-order valence-corrected chi connectivity index (χ1v) is 7.99. The van der Waals surface area contributed by atoms with Crippen LogP contribution < -0.4 is 10.2 Å². The third kappa shape index (κ3) is 4.03. The molecular formula is C17H21N5O. The molecule has 2 aromatic rings. The highest BCUT2D eigenvalue weighted by atomic mass is 16.1. The molecule has 2 aromatic heterocycles. The Morgan fingerprint density at radius 2 is 2.22 bits per heavy atom. The first kappa shape index (κ1) is 15.4. The molecule has 0 saturated carbocycles. The molecule has 1 atom stereocenters. The number of carbonyl (C=O) groups excluding carboxylic acids is 1. The van der Waals surface area contributed by atoms with Crippen molar-refractivity contribution in [1.29, 1.82) is 0 Å². The zero-order valence-corrected chi connectivity index (χ0v) is 13.3. The van der Waals surface area contributed by atoms with Crippen molar-refractivity contribution in [3.8, 4) is 0 Å². The molecule has 1 unspecified atom stereocenters. The van der Waals surface area contributed by atoms with Gasteiger partial charge in [-0.05, 0) is 43.0 Å². The van der Waals surface area contributed by atoms with Gasteiger partial charge in [0.05, 0.1) is 12.2 Å². The third-order valence-electron chi connectivity index (χ3n) is 4.02. The number of carbonyl (C=O) groups is 1. The molecule has 3 rings (SSSR count). The highest BCUT2D eigenvalue weighted by Crippen LogP contribution is 2.20. The van der Waals surface area contributed by atoms with E-state index in [9.17, 15) is 4.79 Å². The predicted molar refractivity (Wildman–Crippen MR) is 88.1 cm³/mol. The first-order chi connectivity index (χ1) is 11.2. The highest BCUT2D eigenvalue weighted by Gasteiger charge is 2.18. The number of amides is 1. The fourth-order valence-electron chi connectivity index (χ4n) is 2.78. The van der Waals surface area contributed by atoms with Gasteiger partial charge in [-0.2, -0.15) is 0 Å². The van der Waals surface area contributed by atoms with Gasteiger partial charge in [-0.25, -0.2) is 0 Å². The summed E-state index contributed by atoms with van der Waals surface area (Å²) in [6, 6.07) is 9.21. The quantitative estimate of drug-likeness (QED) is 0.935. The van der Waals surface area contributed by atoms with Crippen LogP contribution in [0, 0.1) is 5.92 Å². The molecule has 0 spiro atoms. The van der Waals surface area contributed by atoms with Crippen LogP contribution in [0.4, 0.5) is 5.82 Å². The number of nitrogens with zero attached hydrogens (tertiary/aromatic N) is 4. The largest absolute Gasteiger partial charge is 0.355 e. The van der Waals surface area contributed by atoms with Crippen LogP contribution in [0.5, 0.6) is 0 Å². The Bertz CT molecular complexity index is 644. The third-order valence-corrected chi connectivity index (χ3v) is 4.02. The van der Waals surface area contributed by atoms with Crippen LogP contribution in [0.15, 0.2) is 36.5 Å². The molecule has 6 heteroatoms. The van der Waals surface area contributed by atoms with E-state index >= 15 is 0 Å². The van der Waals surface area contributed by atoms with Crippen molar-refractivity contribution in [3.63, 3.8) is 0 Å². The summed E-state index contributed by atoms with van der Waals surface area (Å²) in [5.74, 6) is 1.28. The summed E-state index contributed by atoms with van der Waals surface area (Å²) in [5, 5.41) is 11.1. The smallest absolute Gasteiger partial charge is 0.272 e. The molecule has 1 amide bonds. The van der Waals surface area contributed by atoms with Gasteiger partial charge in [0.1, 0.15) is 0 Å². The van der Waals surface area contributed by atoms with E-state index in [0.717, 1.165) is 24.6 Å². The van der Waals surface area contributed by atoms with Gasteiger partial charge in [-0.15, -0.1) is 10.2 Å². The maximum atomic E-state index is 12.1. The molecular weight excluding hydrogens is 290 g/mol. The molecule has 1 fully saturated rings. The zero-order valence-electron chi connectivity index (χ0n) is 13.3. The van der Waals surface area contributed by atoms with Gasteiger partial charge < -0.3 is 10.2 Å². The molecule has 23 heavy (non-hydrogen) atoms. The standard InChI is InChI=1S/C17H21N5O/c1-13-5-4-10-22(12-13)16-8-7-15(20-21-16)17(23)19-11-14-6-2-3-9-18-14/h2-3,6-9,13H,4-5,10-12H2,1H3,(H,19,23). The van der Waals surface area contributed by atoms with Crippen molar-refractivity contribution in [1.82, 2.24) is 20.5 Å². The van der Waals surface area contributed by atoms with E-state index in [-0.39, 0.29) is 5.91 Å². The number of piperidine rings is 1. The van der Waals surface area contributed by atoms with Crippen molar-refractivity contribution in [2.24, 2.45) is 5.92 Å². The summed E-state index contributed by atoms with van der Waals surface area (Å²) in [4.78, 5) is 18.5. The van der Waals surface area contributed by atoms with Crippen LogP contribution in [-0.2, 0) is 6.54 Å². The maximum Gasteiger partial charge on any atom is 0.272 e. The van der Waals surface area contributed by atoms with Crippen molar-refractivity contribution in [2.45, 2.75) is 26.3 Å². The van der Waals surface area contributed by atoms with Crippen LogP contribution in [0.3, 0.4) is 0 Å². The van der Waals surface area contributed by atoms with Crippen LogP contribution in [0.2, 0.25) is 0 Å². The lowest BCUT2D eigenvalue weighted by atomic mass is 10.0. The maximum absolute atomic E-state index is 12.1. The van der Waals surface area contributed by atoms with E-state index in [2.05, 4.69) is 32.3 Å². The van der Waals surface area contributed by atoms with E-state index in [0.29, 0.717) is 18.2 Å². The van der Waals surface area contributed by atoms with Crippen LogP contribution in [-0.4, -0.2) is 34.2 Å². The molecule has 1 saturated heterocycles. The number of aromatic nitrogens is 3. The lowest BCUT2D eigenvalue weighted by Crippen LogP contribution is -2.35. The number of rotatable bonds is 4. The fourth-order valence-corrected chi connectivity index (χ4v) is 2.78. The van der Waals surface area contributed by atoms with E-state index in [1.54, 1.807) is 12.3 Å². The normalized spacial score (nSPS) is 17.8. The Balaban J connectivity index is 1.59. The van der Waals surface area contributed by atoms with Crippen LogP contribution in [0.25, 0.3) is 0 Å². The second kappa shape index (κ2) is 7.17. The van der Waals surface area contributed by atoms with E-state index in [4.69, 9.17) is 0 Å². The van der Waals surface area contributed by atoms with Gasteiger partial charge in [0.15, 0.2) is 11.5 Å². The van der Waals surface area contributed by atoms with Gasteiger partial charge >= 0.3 is 0 Å². The summed E-state index contributed by atoms with van der Waals surface area (Å²) in [5.41, 5.74) is 1.14. The molecule has 120 valence electrons. The van der Waals surface area contributed by atoms with E-state index in [1.807, 2.05) is 24.3 Å². The number of pyridine rings is 1. The Hall–Kier alpha value is -2.50. The molecule has 0 aromatic carbocycles. The second-order valence-corrected chi connectivity index (χ2v) is 5.97. The summed E-state index contributed by atoms with van der Waals surface area (Å²) >= 11 is 0. The predicted octanol–water partition coefficient (Wildman–Crippen LogP) is 2.04. The highest BCUT2D eigenvalue weighted by molar-refractivity contribution is 5.92. The minimum absolute atomic E-state index is 0.235. The topological polar surface area (TPSA) is 71.0 Å². The first-order valence-electron chi connectivity index (χ1n) is 7.99. The molecule has 3 heterocycles. The lowest BCUT2D eigenvalue weighted by Gasteiger charge is -2.31. The Labute approximate surface area is 136 Å². The minimum Gasteiger partial charge on any atom is -0.355 e. The van der Waals surface area contributed by atoms with Gasteiger partial charge in [0.25, 0.3) is 5.91 Å². The average molecular weight is 311 g/mol. The van der Waals surface area contributed by atoms with Crippen molar-refractivity contribution in [2.75, 3.05) is 18.0 Å². The Morgan fingerprint density at radius 3 is 2.91 bits per heavy atom. The number of anilines is 1. The second-order valence-electron chi connectivity index (χ2n) is 5.97. The molecule has 0 aliphatic carbocycles. The molecule has 1 aliphatic heterocycles. The monoisotopic (exact) mass is 311 g/mol. The van der Waals surface area contributed by atoms with E-state index < -0.39 is 0 Å². The van der Waals surface area contributed by atoms with Crippen molar-refractivity contribution < 1.29 is 4.79 Å². The minimum atomic E-state index is -0.235. The Morgan fingerprint density at radius 1 is 1.30 bits per heavy atom. The Kier molecular flexibility index (Phi) is 4.80. The number of nitrogens with one attached hydrogen (secondary N) is 1. The van der Waals surface area contributed by atoms with Crippen LogP contribution >= 0.6 is 0 Å². The van der Waals surface area contributed by atoms with Crippen molar-refractivity contribution in [3.05, 3.63) is 47.9 Å². The summed E-state index contributed by atoms with van der Waals surface area (Å²) in [6.07, 6.45) is 4.14. The molecule has 6 nitrogen and oxygen atoms in total. The number of hydrogen-bond acceptors (Lipinski definition) is 5. The van der Waals surface area contributed by atoms with Gasteiger partial charge in [-0.3, -0.25) is 9.78 Å². The lowest BCUT2D eigenvalue weighted by molar-refractivity contribution is 0.0944. The zero-order chi connectivity index (χ0) is 16.1. The molecule has 0 bridgehead atoms. The summed E-state index contributed by atoms with van der Waals surface area (Å²) in [6.45, 7) is 4.63. The van der Waals surface area contributed by atoms with E-state index in [1.165, 1.54) is 12.8 Å². The fraction of sp³-hybridized carbons (Fsp3) is 0.412. The van der Waals surface area contributed by atoms with Gasteiger partial charge in [0, 0.05) is 19.3 Å². The average Bonchev–Trinajstić information content (AvgIpc) is 2.61. The summed E-state index contributed by atoms with van der Waals surface area (Å²) in [7, 11) is 0. The summed E-state index contributed by atoms with van der Waals surface area (Å²) < 4.78 is 0. The van der Waals surface area contributed by atoms with Crippen LogP contribution in [0.1, 0.15) is 35.9 Å². The number of hydrogen-bond donors (Lipinski definition) is 1. The molecule has 0 radical (unpaired) electrons. The molecule has 1 aliphatic rings. The van der Waals surface area contributed by atoms with Crippen molar-refractivity contribution >= 4 is 11.7 Å². The van der Waals surface area contributed by atoms with Gasteiger partial charge in [-0.1, -0.05) is 13.0 Å². The SMILES string of the molecule is CC1CCCN(c2ccc(C(=O)NCc3ccccn3)nn2)C1.